The lowest BCUT2D eigenvalue weighted by atomic mass is 10.1. The lowest BCUT2D eigenvalue weighted by Gasteiger charge is -2.11. The Kier molecular flexibility index (Phi) is 6.72. The molecule has 0 unspecified atom stereocenters. The van der Waals surface area contributed by atoms with Gasteiger partial charge in [0.15, 0.2) is 0 Å². The van der Waals surface area contributed by atoms with Gasteiger partial charge in [0.25, 0.3) is 0 Å². The van der Waals surface area contributed by atoms with E-state index >= 15 is 0 Å². The number of hydrogen-bond donors (Lipinski definition) is 3. The van der Waals surface area contributed by atoms with Crippen molar-refractivity contribution in [3.05, 3.63) is 119 Å². The summed E-state index contributed by atoms with van der Waals surface area (Å²) in [6, 6.07) is 18.5. The van der Waals surface area contributed by atoms with Crippen molar-refractivity contribution in [3.8, 4) is 21.8 Å². The van der Waals surface area contributed by atoms with Crippen LogP contribution in [0, 0.1) is 6.92 Å². The lowest BCUT2D eigenvalue weighted by molar-refractivity contribution is 1.06. The molecule has 3 N–H and O–H groups in total. The van der Waals surface area contributed by atoms with Crippen LogP contribution < -0.4 is 15.9 Å². The quantitative estimate of drug-likeness (QED) is 0.209. The summed E-state index contributed by atoms with van der Waals surface area (Å²) in [6.07, 6.45) is 11.4. The third-order valence-corrected chi connectivity index (χ3v) is 7.81. The van der Waals surface area contributed by atoms with E-state index in [0.717, 1.165) is 66.5 Å². The second-order valence-corrected chi connectivity index (χ2v) is 10.8. The van der Waals surface area contributed by atoms with E-state index in [0.29, 0.717) is 0 Å². The summed E-state index contributed by atoms with van der Waals surface area (Å²) in [4.78, 5) is 14.9. The molecule has 196 valence electrons. The van der Waals surface area contributed by atoms with Crippen LogP contribution in [-0.2, 0) is 0 Å². The van der Waals surface area contributed by atoms with Gasteiger partial charge in [-0.15, -0.1) is 11.3 Å². The number of allylic oxidation sites excluding steroid dienone is 1. The predicted octanol–water partition coefficient (Wildman–Crippen LogP) is 6.76. The second kappa shape index (κ2) is 10.6. The molecule has 0 aliphatic heterocycles. The van der Waals surface area contributed by atoms with Gasteiger partial charge in [0.2, 0.25) is 0 Å². The normalized spacial score (nSPS) is 12.2. The Labute approximate surface area is 236 Å². The van der Waals surface area contributed by atoms with Crippen LogP contribution in [0.2, 0.25) is 0 Å². The number of aromatic amines is 2. The van der Waals surface area contributed by atoms with Gasteiger partial charge in [-0.25, -0.2) is 0 Å². The van der Waals surface area contributed by atoms with Crippen molar-refractivity contribution in [2.45, 2.75) is 13.8 Å². The third kappa shape index (κ3) is 4.90. The summed E-state index contributed by atoms with van der Waals surface area (Å²) in [5.41, 5.74) is 8.20. The summed E-state index contributed by atoms with van der Waals surface area (Å²) in [7, 11) is 0. The fourth-order valence-corrected chi connectivity index (χ4v) is 5.61. The van der Waals surface area contributed by atoms with Crippen molar-refractivity contribution < 1.29 is 0 Å². The van der Waals surface area contributed by atoms with Gasteiger partial charge in [0.1, 0.15) is 5.69 Å². The smallest absolute Gasteiger partial charge is 0.116 e. The summed E-state index contributed by atoms with van der Waals surface area (Å²) >= 11 is 1.77. The Balaban J connectivity index is 1.36. The maximum absolute atomic E-state index is 4.68. The second-order valence-electron chi connectivity index (χ2n) is 9.53. The number of nitrogens with zero attached hydrogens (tertiary/aromatic N) is 3. The number of aromatic nitrogens is 5. The Hall–Kier alpha value is -5.01. The van der Waals surface area contributed by atoms with Crippen LogP contribution in [0.15, 0.2) is 92.5 Å². The van der Waals surface area contributed by atoms with Gasteiger partial charge in [-0.1, -0.05) is 49.6 Å². The topological polar surface area (TPSA) is 82.3 Å². The van der Waals surface area contributed by atoms with Crippen LogP contribution in [0.5, 0.6) is 0 Å². The molecule has 0 amide bonds. The molecule has 0 radical (unpaired) electrons. The monoisotopic (exact) mass is 540 g/mol. The zero-order valence-corrected chi connectivity index (χ0v) is 23.1. The number of thiophene rings is 1. The van der Waals surface area contributed by atoms with Crippen LogP contribution >= 0.6 is 11.3 Å². The van der Waals surface area contributed by atoms with E-state index in [1.807, 2.05) is 74.1 Å². The van der Waals surface area contributed by atoms with Gasteiger partial charge >= 0.3 is 0 Å². The van der Waals surface area contributed by atoms with Gasteiger partial charge in [0.05, 0.1) is 34.6 Å². The Morgan fingerprint density at radius 1 is 0.950 bits per heavy atom. The molecule has 0 fully saturated rings. The zero-order valence-electron chi connectivity index (χ0n) is 22.3. The van der Waals surface area contributed by atoms with Gasteiger partial charge in [0, 0.05) is 49.6 Å². The first-order chi connectivity index (χ1) is 19.5. The molecule has 5 heterocycles. The van der Waals surface area contributed by atoms with Gasteiger partial charge in [-0.3, -0.25) is 15.1 Å². The fourth-order valence-electron chi connectivity index (χ4n) is 4.72. The Morgan fingerprint density at radius 3 is 2.55 bits per heavy atom. The summed E-state index contributed by atoms with van der Waals surface area (Å²) in [5, 5.41) is 14.2. The van der Waals surface area contributed by atoms with E-state index in [2.05, 4.69) is 68.7 Å². The SMILES string of the molecule is C=C(/C=c1/c(-c2cc3c(-c4ccc(C)s4)cncc3[nH]2)n[nH]/c1=C/C)c1cncc(NC(=C)c2ccccc2)c1. The summed E-state index contributed by atoms with van der Waals surface area (Å²) < 4.78 is 0. The third-order valence-electron chi connectivity index (χ3n) is 6.77. The van der Waals surface area contributed by atoms with Crippen molar-refractivity contribution in [2.24, 2.45) is 0 Å². The maximum Gasteiger partial charge on any atom is 0.116 e. The molecule has 0 spiro atoms. The van der Waals surface area contributed by atoms with Gasteiger partial charge < -0.3 is 10.3 Å². The number of nitrogens with one attached hydrogen (secondary N) is 3. The van der Waals surface area contributed by atoms with Crippen LogP contribution in [0.25, 0.3) is 56.2 Å². The average molecular weight is 541 g/mol. The molecule has 0 saturated heterocycles. The molecule has 6 rings (SSSR count). The molecule has 0 aliphatic rings. The first kappa shape index (κ1) is 25.3. The number of benzene rings is 1. The zero-order chi connectivity index (χ0) is 27.6. The van der Waals surface area contributed by atoms with E-state index in [1.54, 1.807) is 17.5 Å². The number of anilines is 1. The molecule has 6 aromatic rings. The standard InChI is InChI=1S/C33H28N6S/c1-5-29-27(13-20(2)24-14-25(17-34-16-24)36-22(4)23-9-7-6-8-10-23)33(39-38-29)30-15-26-28(18-35-19-31(26)37-30)32-12-11-21(3)40-32/h5-19,36-38H,2,4H2,1,3H3/b27-13+,29-5+. The maximum atomic E-state index is 4.68. The van der Waals surface area contributed by atoms with E-state index in [4.69, 9.17) is 0 Å². The largest absolute Gasteiger partial charge is 0.354 e. The average Bonchev–Trinajstić information content (AvgIpc) is 3.71. The number of pyridine rings is 2. The highest BCUT2D eigenvalue weighted by Gasteiger charge is 2.14. The highest BCUT2D eigenvalue weighted by molar-refractivity contribution is 7.15. The van der Waals surface area contributed by atoms with Crippen LogP contribution in [0.4, 0.5) is 5.69 Å². The molecule has 5 aromatic heterocycles. The van der Waals surface area contributed by atoms with Crippen LogP contribution in [-0.4, -0.2) is 25.1 Å². The molecule has 0 atom stereocenters. The Bertz CT molecular complexity index is 1990. The molecule has 6 nitrogen and oxygen atoms in total. The number of rotatable bonds is 7. The van der Waals surface area contributed by atoms with Crippen molar-refractivity contribution in [1.82, 2.24) is 25.1 Å². The van der Waals surface area contributed by atoms with Crippen molar-refractivity contribution in [2.75, 3.05) is 5.32 Å². The number of hydrogen-bond acceptors (Lipinski definition) is 5. The van der Waals surface area contributed by atoms with E-state index in [-0.39, 0.29) is 0 Å². The molecule has 1 aromatic carbocycles. The van der Waals surface area contributed by atoms with Crippen molar-refractivity contribution >= 4 is 51.3 Å². The molecular weight excluding hydrogens is 512 g/mol. The molecule has 7 heteroatoms. The van der Waals surface area contributed by atoms with E-state index in [1.165, 1.54) is 9.75 Å². The van der Waals surface area contributed by atoms with Crippen molar-refractivity contribution in [1.29, 1.82) is 0 Å². The fraction of sp³-hybridized carbons (Fsp3) is 0.0606. The van der Waals surface area contributed by atoms with E-state index < -0.39 is 0 Å². The van der Waals surface area contributed by atoms with Gasteiger partial charge in [-0.05, 0) is 55.3 Å². The summed E-state index contributed by atoms with van der Waals surface area (Å²) in [5.74, 6) is 0. The number of H-pyrrole nitrogens is 2. The first-order valence-corrected chi connectivity index (χ1v) is 13.7. The Morgan fingerprint density at radius 2 is 1.77 bits per heavy atom. The molecular formula is C33H28N6S. The minimum Gasteiger partial charge on any atom is -0.354 e. The van der Waals surface area contributed by atoms with Crippen LogP contribution in [0.3, 0.4) is 0 Å². The molecule has 0 saturated carbocycles. The minimum atomic E-state index is 0.805. The van der Waals surface area contributed by atoms with Gasteiger partial charge in [-0.2, -0.15) is 5.10 Å². The first-order valence-electron chi connectivity index (χ1n) is 12.9. The lowest BCUT2D eigenvalue weighted by Crippen LogP contribution is -2.23. The highest BCUT2D eigenvalue weighted by atomic mass is 32.1. The molecule has 0 aliphatic carbocycles. The van der Waals surface area contributed by atoms with E-state index in [9.17, 15) is 0 Å². The molecule has 40 heavy (non-hydrogen) atoms. The minimum absolute atomic E-state index is 0.805. The van der Waals surface area contributed by atoms with Crippen molar-refractivity contribution in [3.63, 3.8) is 0 Å². The summed E-state index contributed by atoms with van der Waals surface area (Å²) in [6.45, 7) is 12.7. The highest BCUT2D eigenvalue weighted by Crippen LogP contribution is 2.34. The predicted molar refractivity (Wildman–Crippen MR) is 168 cm³/mol. The number of aryl methyl sites for hydroxylation is 1. The molecule has 0 bridgehead atoms. The van der Waals surface area contributed by atoms with Crippen LogP contribution in [0.1, 0.15) is 22.9 Å². The number of fused-ring (bicyclic) bond motifs is 1.